The Hall–Kier alpha value is -0.690. The Balaban J connectivity index is 1.88. The van der Waals surface area contributed by atoms with E-state index in [-0.39, 0.29) is 5.91 Å². The van der Waals surface area contributed by atoms with E-state index in [0.717, 1.165) is 45.8 Å². The maximum atomic E-state index is 11.4. The first kappa shape index (κ1) is 15.4. The number of hydrogen-bond acceptors (Lipinski definition) is 5. The van der Waals surface area contributed by atoms with Crippen LogP contribution in [0.1, 0.15) is 6.42 Å². The van der Waals surface area contributed by atoms with Gasteiger partial charge in [0.1, 0.15) is 0 Å². The van der Waals surface area contributed by atoms with Gasteiger partial charge in [-0.25, -0.2) is 0 Å². The Morgan fingerprint density at radius 1 is 1.33 bits per heavy atom. The Morgan fingerprint density at radius 3 is 2.83 bits per heavy atom. The first-order valence-corrected chi connectivity index (χ1v) is 6.59. The molecule has 0 atom stereocenters. The normalized spacial score (nSPS) is 16.7. The van der Waals surface area contributed by atoms with Crippen LogP contribution in [0.5, 0.6) is 0 Å². The molecule has 0 aliphatic carbocycles. The van der Waals surface area contributed by atoms with E-state index in [2.05, 4.69) is 15.5 Å². The lowest BCUT2D eigenvalue weighted by atomic mass is 10.3. The highest BCUT2D eigenvalue weighted by atomic mass is 16.5. The molecule has 0 aromatic rings. The van der Waals surface area contributed by atoms with Gasteiger partial charge in [0.15, 0.2) is 0 Å². The molecule has 106 valence electrons. The summed E-state index contributed by atoms with van der Waals surface area (Å²) in [5.74, 6) is 0.0491. The van der Waals surface area contributed by atoms with E-state index in [1.54, 1.807) is 7.11 Å². The zero-order valence-electron chi connectivity index (χ0n) is 11.2. The van der Waals surface area contributed by atoms with Crippen LogP contribution in [0.25, 0.3) is 0 Å². The van der Waals surface area contributed by atoms with Crippen LogP contribution in [-0.4, -0.2) is 77.0 Å². The summed E-state index contributed by atoms with van der Waals surface area (Å²) < 4.78 is 10.2. The number of amides is 1. The predicted molar refractivity (Wildman–Crippen MR) is 69.6 cm³/mol. The fourth-order valence-corrected chi connectivity index (χ4v) is 1.79. The average Bonchev–Trinajstić information content (AvgIpc) is 2.41. The van der Waals surface area contributed by atoms with Gasteiger partial charge >= 0.3 is 0 Å². The third kappa shape index (κ3) is 7.60. The molecule has 0 bridgehead atoms. The van der Waals surface area contributed by atoms with Crippen molar-refractivity contribution in [3.05, 3.63) is 0 Å². The number of ether oxygens (including phenoxy) is 2. The second kappa shape index (κ2) is 10.3. The second-order valence-corrected chi connectivity index (χ2v) is 4.33. The van der Waals surface area contributed by atoms with Crippen molar-refractivity contribution in [2.45, 2.75) is 6.42 Å². The van der Waals surface area contributed by atoms with Crippen molar-refractivity contribution in [1.82, 2.24) is 15.5 Å². The first-order valence-electron chi connectivity index (χ1n) is 6.59. The monoisotopic (exact) mass is 259 g/mol. The van der Waals surface area contributed by atoms with Crippen LogP contribution in [0, 0.1) is 0 Å². The molecule has 1 saturated heterocycles. The van der Waals surface area contributed by atoms with Gasteiger partial charge in [-0.15, -0.1) is 0 Å². The van der Waals surface area contributed by atoms with Crippen LogP contribution in [-0.2, 0) is 14.3 Å². The second-order valence-electron chi connectivity index (χ2n) is 4.33. The smallest absolute Gasteiger partial charge is 0.233 e. The molecule has 0 saturated carbocycles. The van der Waals surface area contributed by atoms with E-state index >= 15 is 0 Å². The first-order chi connectivity index (χ1) is 8.83. The molecule has 0 aromatic heterocycles. The number of methoxy groups -OCH3 is 1. The van der Waals surface area contributed by atoms with Crippen molar-refractivity contribution < 1.29 is 14.3 Å². The van der Waals surface area contributed by atoms with Gasteiger partial charge in [0.25, 0.3) is 0 Å². The fourth-order valence-electron chi connectivity index (χ4n) is 1.79. The van der Waals surface area contributed by atoms with Gasteiger partial charge in [0.05, 0.1) is 26.4 Å². The van der Waals surface area contributed by atoms with Gasteiger partial charge in [-0.2, -0.15) is 0 Å². The van der Waals surface area contributed by atoms with Crippen molar-refractivity contribution in [2.75, 3.05) is 66.2 Å². The van der Waals surface area contributed by atoms with Crippen molar-refractivity contribution in [2.24, 2.45) is 0 Å². The van der Waals surface area contributed by atoms with Crippen molar-refractivity contribution in [1.29, 1.82) is 0 Å². The van der Waals surface area contributed by atoms with Gasteiger partial charge in [-0.1, -0.05) is 0 Å². The van der Waals surface area contributed by atoms with Gasteiger partial charge < -0.3 is 20.1 Å². The summed E-state index contributed by atoms with van der Waals surface area (Å²) in [6.07, 6.45) is 0.990. The highest BCUT2D eigenvalue weighted by molar-refractivity contribution is 5.77. The third-order valence-corrected chi connectivity index (χ3v) is 2.85. The molecule has 1 amide bonds. The number of nitrogens with zero attached hydrogens (tertiary/aromatic N) is 1. The zero-order valence-corrected chi connectivity index (χ0v) is 11.2. The van der Waals surface area contributed by atoms with Gasteiger partial charge in [-0.3, -0.25) is 9.69 Å². The minimum Gasteiger partial charge on any atom is -0.383 e. The summed E-state index contributed by atoms with van der Waals surface area (Å²) in [7, 11) is 1.65. The minimum atomic E-state index is 0.0491. The SMILES string of the molecule is COCCNCC(=O)NCCCN1CCOCC1. The summed E-state index contributed by atoms with van der Waals surface area (Å²) in [5.41, 5.74) is 0. The number of nitrogens with one attached hydrogen (secondary N) is 2. The van der Waals surface area contributed by atoms with Gasteiger partial charge in [0.2, 0.25) is 5.91 Å². The highest BCUT2D eigenvalue weighted by Gasteiger charge is 2.09. The molecule has 1 heterocycles. The largest absolute Gasteiger partial charge is 0.383 e. The summed E-state index contributed by atoms with van der Waals surface area (Å²) in [4.78, 5) is 13.8. The maximum absolute atomic E-state index is 11.4. The summed E-state index contributed by atoms with van der Waals surface area (Å²) >= 11 is 0. The van der Waals surface area contributed by atoms with E-state index in [0.29, 0.717) is 19.7 Å². The zero-order chi connectivity index (χ0) is 13.1. The lowest BCUT2D eigenvalue weighted by molar-refractivity contribution is -0.120. The molecular formula is C12H25N3O3. The number of rotatable bonds is 9. The molecule has 1 fully saturated rings. The Morgan fingerprint density at radius 2 is 2.11 bits per heavy atom. The summed E-state index contributed by atoms with van der Waals surface area (Å²) in [6, 6.07) is 0. The third-order valence-electron chi connectivity index (χ3n) is 2.85. The Kier molecular flexibility index (Phi) is 8.75. The van der Waals surface area contributed by atoms with E-state index in [9.17, 15) is 4.79 Å². The van der Waals surface area contributed by atoms with Crippen molar-refractivity contribution in [3.63, 3.8) is 0 Å². The van der Waals surface area contributed by atoms with E-state index in [4.69, 9.17) is 9.47 Å². The molecule has 1 aliphatic heterocycles. The average molecular weight is 259 g/mol. The maximum Gasteiger partial charge on any atom is 0.233 e. The Labute approximate surface area is 109 Å². The lowest BCUT2D eigenvalue weighted by Gasteiger charge is -2.26. The molecule has 1 rings (SSSR count). The summed E-state index contributed by atoms with van der Waals surface area (Å²) in [6.45, 7) is 7.14. The van der Waals surface area contributed by atoms with Crippen LogP contribution in [0.3, 0.4) is 0 Å². The number of hydrogen-bond donors (Lipinski definition) is 2. The van der Waals surface area contributed by atoms with E-state index in [1.165, 1.54) is 0 Å². The molecule has 6 nitrogen and oxygen atoms in total. The van der Waals surface area contributed by atoms with Crippen LogP contribution >= 0.6 is 0 Å². The van der Waals surface area contributed by atoms with Crippen LogP contribution in [0.15, 0.2) is 0 Å². The molecule has 0 unspecified atom stereocenters. The molecule has 18 heavy (non-hydrogen) atoms. The topological polar surface area (TPSA) is 62.8 Å². The molecule has 0 aromatic carbocycles. The number of carbonyl (C=O) groups excluding carboxylic acids is 1. The molecule has 1 aliphatic rings. The summed E-state index contributed by atoms with van der Waals surface area (Å²) in [5, 5.41) is 5.91. The van der Waals surface area contributed by atoms with Crippen molar-refractivity contribution >= 4 is 5.91 Å². The van der Waals surface area contributed by atoms with Crippen LogP contribution < -0.4 is 10.6 Å². The quantitative estimate of drug-likeness (QED) is 0.523. The minimum absolute atomic E-state index is 0.0491. The fraction of sp³-hybridized carbons (Fsp3) is 0.917. The van der Waals surface area contributed by atoms with E-state index in [1.807, 2.05) is 0 Å². The van der Waals surface area contributed by atoms with Crippen molar-refractivity contribution in [3.8, 4) is 0 Å². The highest BCUT2D eigenvalue weighted by Crippen LogP contribution is 1.97. The van der Waals surface area contributed by atoms with Gasteiger partial charge in [0, 0.05) is 33.3 Å². The number of morpholine rings is 1. The standard InChI is InChI=1S/C12H25N3O3/c1-17-8-4-13-11-12(16)14-3-2-5-15-6-9-18-10-7-15/h13H,2-11H2,1H3,(H,14,16). The van der Waals surface area contributed by atoms with E-state index < -0.39 is 0 Å². The predicted octanol–water partition coefficient (Wildman–Crippen LogP) is -0.939. The molecule has 0 radical (unpaired) electrons. The molecule has 2 N–H and O–H groups in total. The van der Waals surface area contributed by atoms with Crippen LogP contribution in [0.2, 0.25) is 0 Å². The molecule has 6 heteroatoms. The lowest BCUT2D eigenvalue weighted by Crippen LogP contribution is -2.39. The Bertz CT molecular complexity index is 221. The number of carbonyl (C=O) groups is 1. The molecular weight excluding hydrogens is 234 g/mol. The van der Waals surface area contributed by atoms with Crippen LogP contribution in [0.4, 0.5) is 0 Å². The van der Waals surface area contributed by atoms with Gasteiger partial charge in [-0.05, 0) is 13.0 Å². The molecule has 0 spiro atoms.